The van der Waals surface area contributed by atoms with Crippen LogP contribution in [-0.2, 0) is 13.6 Å². The fraction of sp³-hybridized carbons (Fsp3) is 0.106. The molecule has 0 unspecified atom stereocenters. The molecule has 0 saturated carbocycles. The topological polar surface area (TPSA) is 44.8 Å². The standard InChI is InChI=1S/C47H17O4P/c1-7-9-11-13-15-17-19-21-23-25-27-29-31-33-35-37-39-49-52(48,51-47-44(5)41-46(43(3)4)42-45(47)6)50-40-38-36-34-32-30-28-26-24-22-20-18-16-14-12-10-8-2/h1-2,41-43H,3-6H3. The average molecular weight is 677 g/mol. The monoisotopic (exact) mass is 676 g/mol. The van der Waals surface area contributed by atoms with Crippen molar-refractivity contribution >= 4 is 7.82 Å². The van der Waals surface area contributed by atoms with Gasteiger partial charge in [0, 0.05) is 94.7 Å². The first-order chi connectivity index (χ1) is 25.3. The van der Waals surface area contributed by atoms with Crippen molar-refractivity contribution in [1.82, 2.24) is 0 Å². The molecule has 0 radical (unpaired) electrons. The van der Waals surface area contributed by atoms with E-state index in [0.29, 0.717) is 11.1 Å². The highest BCUT2D eigenvalue weighted by Crippen LogP contribution is 2.50. The second-order valence-electron chi connectivity index (χ2n) is 8.60. The van der Waals surface area contributed by atoms with Crippen LogP contribution in [0.3, 0.4) is 0 Å². The van der Waals surface area contributed by atoms with Crippen molar-refractivity contribution < 1.29 is 18.1 Å². The molecule has 52 heavy (non-hydrogen) atoms. The van der Waals surface area contributed by atoms with Crippen LogP contribution in [0.5, 0.6) is 5.75 Å². The van der Waals surface area contributed by atoms with Gasteiger partial charge >= 0.3 is 7.82 Å². The van der Waals surface area contributed by atoms with Crippen LogP contribution < -0.4 is 4.52 Å². The van der Waals surface area contributed by atoms with Gasteiger partial charge in [0.25, 0.3) is 0 Å². The SMILES string of the molecule is C#CC#CC#CC#CC#CC#CC#CC#CC#COP(=O)(OC#CC#CC#CC#CC#CC#CC#CC#CC#C)Oc1c(C)cc(C(C)C)cc1C. The molecule has 234 valence electrons. The molecule has 0 spiro atoms. The van der Waals surface area contributed by atoms with Crippen molar-refractivity contribution in [3.63, 3.8) is 0 Å². The summed E-state index contributed by atoms with van der Waals surface area (Å²) in [5, 5.41) is 0. The molecule has 1 aromatic rings. The quantitative estimate of drug-likeness (QED) is 0.347. The lowest BCUT2D eigenvalue weighted by atomic mass is 9.98. The van der Waals surface area contributed by atoms with Gasteiger partial charge in [0.05, 0.1) is 0 Å². The minimum atomic E-state index is -4.41. The normalized spacial score (nSPS) is 6.52. The number of rotatable bonds is 5. The predicted octanol–water partition coefficient (Wildman–Crippen LogP) is 4.18. The number of hydrogen-bond acceptors (Lipinski definition) is 4. The van der Waals surface area contributed by atoms with Gasteiger partial charge < -0.3 is 13.6 Å². The Hall–Kier alpha value is -9.07. The van der Waals surface area contributed by atoms with E-state index in [1.54, 1.807) is 13.8 Å². The van der Waals surface area contributed by atoms with Gasteiger partial charge in [-0.25, -0.2) is 0 Å². The van der Waals surface area contributed by atoms with Gasteiger partial charge in [-0.3, -0.25) is 0 Å². The largest absolute Gasteiger partial charge is 0.664 e. The van der Waals surface area contributed by atoms with Crippen LogP contribution in [0.2, 0.25) is 0 Å². The highest BCUT2D eigenvalue weighted by molar-refractivity contribution is 7.49. The Morgan fingerprint density at radius 1 is 0.462 bits per heavy atom. The smallest absolute Gasteiger partial charge is 0.384 e. The molecule has 0 aliphatic heterocycles. The van der Waals surface area contributed by atoms with Crippen LogP contribution in [0.1, 0.15) is 36.5 Å². The van der Waals surface area contributed by atoms with E-state index in [1.807, 2.05) is 12.1 Å². The van der Waals surface area contributed by atoms with Crippen molar-refractivity contribution in [3.8, 4) is 220 Å². The minimum Gasteiger partial charge on any atom is -0.384 e. The maximum atomic E-state index is 13.5. The van der Waals surface area contributed by atoms with E-state index < -0.39 is 7.82 Å². The number of benzene rings is 1. The molecular weight excluding hydrogens is 659 g/mol. The summed E-state index contributed by atoms with van der Waals surface area (Å²) in [6, 6.07) is 3.82. The average Bonchev–Trinajstić information content (AvgIpc) is 3.12. The number of phosphoric acid groups is 1. The van der Waals surface area contributed by atoms with Gasteiger partial charge in [0.1, 0.15) is 18.0 Å². The molecular formula is C47H17O4P. The van der Waals surface area contributed by atoms with Gasteiger partial charge in [0.15, 0.2) is 0 Å². The summed E-state index contributed by atoms with van der Waals surface area (Å²) in [7, 11) is -4.41. The van der Waals surface area contributed by atoms with Crippen molar-refractivity contribution in [1.29, 1.82) is 0 Å². The van der Waals surface area contributed by atoms with Crippen molar-refractivity contribution in [2.45, 2.75) is 33.6 Å². The number of terminal acetylenes is 2. The number of phosphoric ester groups is 1. The van der Waals surface area contributed by atoms with Crippen molar-refractivity contribution in [2.75, 3.05) is 0 Å². The number of hydrogen-bond donors (Lipinski definition) is 0. The van der Waals surface area contributed by atoms with E-state index in [4.69, 9.17) is 26.4 Å². The molecule has 0 aromatic heterocycles. The summed E-state index contributed by atoms with van der Waals surface area (Å²) < 4.78 is 29.5. The third kappa shape index (κ3) is 20.9. The molecule has 0 amide bonds. The third-order valence-corrected chi connectivity index (χ3v) is 5.70. The summed E-state index contributed by atoms with van der Waals surface area (Å²) >= 11 is 0. The highest BCUT2D eigenvalue weighted by atomic mass is 31.2. The molecule has 1 aromatic carbocycles. The maximum Gasteiger partial charge on any atom is 0.664 e. The summed E-state index contributed by atoms with van der Waals surface area (Å²) in [4.78, 5) is 0. The molecule has 0 heterocycles. The first kappa shape index (κ1) is 41.0. The zero-order valence-electron chi connectivity index (χ0n) is 28.0. The van der Waals surface area contributed by atoms with Crippen molar-refractivity contribution in [3.05, 3.63) is 28.8 Å². The van der Waals surface area contributed by atoms with Gasteiger partial charge in [-0.15, -0.1) is 12.8 Å². The fourth-order valence-electron chi connectivity index (χ4n) is 2.72. The Morgan fingerprint density at radius 3 is 0.962 bits per heavy atom. The highest BCUT2D eigenvalue weighted by Gasteiger charge is 2.33. The molecule has 5 heteroatoms. The Morgan fingerprint density at radius 2 is 0.712 bits per heavy atom. The summed E-state index contributed by atoms with van der Waals surface area (Å²) in [6.07, 6.45) is 14.3. The van der Waals surface area contributed by atoms with E-state index >= 15 is 0 Å². The summed E-state index contributed by atoms with van der Waals surface area (Å²) in [5.74, 6) is 77.9. The fourth-order valence-corrected chi connectivity index (χ4v) is 3.66. The Kier molecular flexibility index (Phi) is 21.3. The van der Waals surface area contributed by atoms with Gasteiger partial charge in [0.2, 0.25) is 0 Å². The van der Waals surface area contributed by atoms with E-state index in [2.05, 4.69) is 216 Å². The molecule has 0 saturated heterocycles. The van der Waals surface area contributed by atoms with Gasteiger partial charge in [-0.2, -0.15) is 4.57 Å². The first-order valence-electron chi connectivity index (χ1n) is 14.0. The van der Waals surface area contributed by atoms with E-state index in [0.717, 1.165) is 5.56 Å². The predicted molar refractivity (Wildman–Crippen MR) is 202 cm³/mol. The second kappa shape index (κ2) is 27.1. The van der Waals surface area contributed by atoms with Crippen LogP contribution in [0.15, 0.2) is 12.1 Å². The molecule has 1 rings (SSSR count). The molecule has 0 aliphatic carbocycles. The Labute approximate surface area is 307 Å². The van der Waals surface area contributed by atoms with Gasteiger partial charge in [-0.1, -0.05) is 26.0 Å². The Bertz CT molecular complexity index is 2620. The van der Waals surface area contributed by atoms with Crippen LogP contribution in [0, 0.1) is 228 Å². The molecule has 0 fully saturated rings. The minimum absolute atomic E-state index is 0.264. The van der Waals surface area contributed by atoms with Crippen LogP contribution in [0.4, 0.5) is 0 Å². The van der Waals surface area contributed by atoms with E-state index in [-0.39, 0.29) is 11.7 Å². The first-order valence-corrected chi connectivity index (χ1v) is 15.5. The lowest BCUT2D eigenvalue weighted by Gasteiger charge is -2.17. The second-order valence-corrected chi connectivity index (χ2v) is 10.0. The molecule has 0 bridgehead atoms. The van der Waals surface area contributed by atoms with Crippen molar-refractivity contribution in [2.24, 2.45) is 0 Å². The zero-order valence-corrected chi connectivity index (χ0v) is 28.9. The lowest BCUT2D eigenvalue weighted by Crippen LogP contribution is -2.01. The summed E-state index contributed by atoms with van der Waals surface area (Å²) in [6.45, 7) is 7.72. The van der Waals surface area contributed by atoms with E-state index in [1.165, 1.54) is 0 Å². The lowest BCUT2D eigenvalue weighted by molar-refractivity contribution is 0.270. The van der Waals surface area contributed by atoms with Crippen LogP contribution >= 0.6 is 7.82 Å². The molecule has 0 aliphatic rings. The maximum absolute atomic E-state index is 13.5. The third-order valence-electron chi connectivity index (χ3n) is 4.66. The van der Waals surface area contributed by atoms with Gasteiger partial charge in [-0.05, 0) is 131 Å². The van der Waals surface area contributed by atoms with Crippen LogP contribution in [-0.4, -0.2) is 0 Å². The Balaban J connectivity index is 3.05. The van der Waals surface area contributed by atoms with E-state index in [9.17, 15) is 4.57 Å². The zero-order chi connectivity index (χ0) is 38.0. The number of aryl methyl sites for hydroxylation is 2. The van der Waals surface area contributed by atoms with Crippen LogP contribution in [0.25, 0.3) is 0 Å². The summed E-state index contributed by atoms with van der Waals surface area (Å²) in [5.41, 5.74) is 2.48. The molecule has 0 atom stereocenters. The molecule has 0 N–H and O–H groups in total. The molecule has 4 nitrogen and oxygen atoms in total.